The van der Waals surface area contributed by atoms with Crippen LogP contribution in [0.15, 0.2) is 18.5 Å². The molecule has 2 nitrogen and oxygen atoms in total. The lowest BCUT2D eigenvalue weighted by molar-refractivity contribution is 0.278. The van der Waals surface area contributed by atoms with Crippen molar-refractivity contribution in [2.45, 2.75) is 71.5 Å². The molecule has 1 aromatic rings. The van der Waals surface area contributed by atoms with Gasteiger partial charge in [-0.1, -0.05) is 33.1 Å². The molecule has 0 amide bonds. The topological polar surface area (TPSA) is 17.0 Å². The Balaban J connectivity index is 1.76. The van der Waals surface area contributed by atoms with Gasteiger partial charge >= 0.3 is 0 Å². The van der Waals surface area contributed by atoms with Crippen LogP contribution in [0, 0.1) is 5.92 Å². The zero-order valence-electron chi connectivity index (χ0n) is 12.0. The number of nitrogens with zero attached hydrogens (tertiary/aromatic N) is 1. The second-order valence-corrected chi connectivity index (χ2v) is 5.78. The molecule has 2 rings (SSSR count). The lowest BCUT2D eigenvalue weighted by Gasteiger charge is -2.29. The summed E-state index contributed by atoms with van der Waals surface area (Å²) in [5, 5.41) is 3.74. The number of rotatable bonds is 6. The van der Waals surface area contributed by atoms with E-state index in [1.807, 2.05) is 0 Å². The Morgan fingerprint density at radius 1 is 1.33 bits per heavy atom. The van der Waals surface area contributed by atoms with E-state index in [9.17, 15) is 0 Å². The van der Waals surface area contributed by atoms with Gasteiger partial charge in [0.05, 0.1) is 0 Å². The van der Waals surface area contributed by atoms with Gasteiger partial charge in [0.25, 0.3) is 0 Å². The van der Waals surface area contributed by atoms with Crippen molar-refractivity contribution in [3.63, 3.8) is 0 Å². The number of hydrogen-bond donors (Lipinski definition) is 1. The maximum Gasteiger partial charge on any atom is 0.0223 e. The summed E-state index contributed by atoms with van der Waals surface area (Å²) in [4.78, 5) is 0. The zero-order chi connectivity index (χ0) is 12.8. The first-order chi connectivity index (χ1) is 8.81. The van der Waals surface area contributed by atoms with Gasteiger partial charge in [0.1, 0.15) is 0 Å². The summed E-state index contributed by atoms with van der Waals surface area (Å²) < 4.78 is 2.30. The highest BCUT2D eigenvalue weighted by atomic mass is 15.0. The molecule has 0 aliphatic heterocycles. The number of hydrogen-bond acceptors (Lipinski definition) is 1. The fourth-order valence-electron chi connectivity index (χ4n) is 3.10. The summed E-state index contributed by atoms with van der Waals surface area (Å²) >= 11 is 0. The van der Waals surface area contributed by atoms with Crippen molar-refractivity contribution < 1.29 is 0 Å². The number of aryl methyl sites for hydroxylation is 1. The first kappa shape index (κ1) is 13.7. The molecular weight excluding hydrogens is 220 g/mol. The molecule has 1 aromatic heterocycles. The molecule has 102 valence electrons. The molecular formula is C16H28N2. The van der Waals surface area contributed by atoms with Crippen LogP contribution >= 0.6 is 0 Å². The van der Waals surface area contributed by atoms with Crippen molar-refractivity contribution in [1.82, 2.24) is 9.88 Å². The minimum absolute atomic E-state index is 0.748. The van der Waals surface area contributed by atoms with Gasteiger partial charge in [-0.25, -0.2) is 0 Å². The van der Waals surface area contributed by atoms with E-state index < -0.39 is 0 Å². The Morgan fingerprint density at radius 2 is 2.22 bits per heavy atom. The van der Waals surface area contributed by atoms with E-state index in [0.29, 0.717) is 0 Å². The summed E-state index contributed by atoms with van der Waals surface area (Å²) in [5.41, 5.74) is 1.43. The average Bonchev–Trinajstić information content (AvgIpc) is 2.85. The van der Waals surface area contributed by atoms with Crippen molar-refractivity contribution in [2.24, 2.45) is 5.92 Å². The highest BCUT2D eigenvalue weighted by molar-refractivity contribution is 5.10. The van der Waals surface area contributed by atoms with Crippen LogP contribution in [0.5, 0.6) is 0 Å². The number of nitrogens with one attached hydrogen (secondary N) is 1. The molecule has 1 aliphatic rings. The average molecular weight is 248 g/mol. The zero-order valence-corrected chi connectivity index (χ0v) is 12.0. The molecule has 2 heteroatoms. The lowest BCUT2D eigenvalue weighted by atomic mass is 9.84. The molecule has 0 bridgehead atoms. The first-order valence-corrected chi connectivity index (χ1v) is 7.69. The maximum absolute atomic E-state index is 3.74. The van der Waals surface area contributed by atoms with Crippen LogP contribution in [-0.4, -0.2) is 10.6 Å². The Kier molecular flexibility index (Phi) is 5.30. The van der Waals surface area contributed by atoms with E-state index in [0.717, 1.165) is 25.0 Å². The van der Waals surface area contributed by atoms with Crippen LogP contribution in [0.3, 0.4) is 0 Å². The van der Waals surface area contributed by atoms with Crippen LogP contribution in [0.2, 0.25) is 0 Å². The van der Waals surface area contributed by atoms with Gasteiger partial charge in [0.2, 0.25) is 0 Å². The van der Waals surface area contributed by atoms with Gasteiger partial charge in [-0.05, 0) is 36.8 Å². The van der Waals surface area contributed by atoms with Crippen molar-refractivity contribution in [3.8, 4) is 0 Å². The minimum atomic E-state index is 0.748. The molecule has 1 saturated carbocycles. The Labute approximate surface area is 112 Å². The third-order valence-corrected chi connectivity index (χ3v) is 4.25. The Morgan fingerprint density at radius 3 is 3.00 bits per heavy atom. The first-order valence-electron chi connectivity index (χ1n) is 7.69. The fraction of sp³-hybridized carbons (Fsp3) is 0.750. The molecule has 0 radical (unpaired) electrons. The van der Waals surface area contributed by atoms with Crippen LogP contribution in [0.1, 0.15) is 57.9 Å². The lowest BCUT2D eigenvalue weighted by Crippen LogP contribution is -2.33. The summed E-state index contributed by atoms with van der Waals surface area (Å²) in [6, 6.07) is 3.00. The summed E-state index contributed by atoms with van der Waals surface area (Å²) in [6.45, 7) is 6.74. The van der Waals surface area contributed by atoms with Crippen molar-refractivity contribution in [2.75, 3.05) is 0 Å². The van der Waals surface area contributed by atoms with E-state index in [1.54, 1.807) is 0 Å². The Bertz CT molecular complexity index is 343. The molecule has 2 unspecified atom stereocenters. The molecule has 0 saturated heterocycles. The molecule has 0 aromatic carbocycles. The van der Waals surface area contributed by atoms with Gasteiger partial charge < -0.3 is 9.88 Å². The largest absolute Gasteiger partial charge is 0.354 e. The summed E-state index contributed by atoms with van der Waals surface area (Å²) in [6.07, 6.45) is 12.7. The quantitative estimate of drug-likeness (QED) is 0.806. The minimum Gasteiger partial charge on any atom is -0.354 e. The Hall–Kier alpha value is -0.760. The van der Waals surface area contributed by atoms with Crippen LogP contribution in [-0.2, 0) is 13.1 Å². The predicted octanol–water partition coefficient (Wildman–Crippen LogP) is 3.96. The monoisotopic (exact) mass is 248 g/mol. The smallest absolute Gasteiger partial charge is 0.0223 e. The van der Waals surface area contributed by atoms with Gasteiger partial charge in [-0.2, -0.15) is 0 Å². The summed E-state index contributed by atoms with van der Waals surface area (Å²) in [7, 11) is 0. The van der Waals surface area contributed by atoms with E-state index in [1.165, 1.54) is 44.1 Å². The standard InChI is InChI=1S/C16H28N2/c1-3-9-18-10-8-15(13-18)12-17-16-7-5-6-14(4-2)11-16/h8,10,13-14,16-17H,3-7,9,11-12H2,1-2H3. The van der Waals surface area contributed by atoms with E-state index in [-0.39, 0.29) is 0 Å². The van der Waals surface area contributed by atoms with Crippen molar-refractivity contribution >= 4 is 0 Å². The van der Waals surface area contributed by atoms with E-state index in [2.05, 4.69) is 42.2 Å². The van der Waals surface area contributed by atoms with E-state index >= 15 is 0 Å². The SMILES string of the molecule is CCCn1ccc(CNC2CCCC(CC)C2)c1. The number of aromatic nitrogens is 1. The third-order valence-electron chi connectivity index (χ3n) is 4.25. The van der Waals surface area contributed by atoms with E-state index in [4.69, 9.17) is 0 Å². The van der Waals surface area contributed by atoms with Crippen LogP contribution in [0.4, 0.5) is 0 Å². The molecule has 0 spiro atoms. The van der Waals surface area contributed by atoms with Crippen molar-refractivity contribution in [1.29, 1.82) is 0 Å². The molecule has 1 heterocycles. The van der Waals surface area contributed by atoms with Gasteiger partial charge in [0, 0.05) is 31.5 Å². The van der Waals surface area contributed by atoms with Gasteiger partial charge in [0.15, 0.2) is 0 Å². The normalized spacial score (nSPS) is 24.3. The predicted molar refractivity (Wildman–Crippen MR) is 77.6 cm³/mol. The second kappa shape index (κ2) is 6.98. The summed E-state index contributed by atoms with van der Waals surface area (Å²) in [5.74, 6) is 0.959. The second-order valence-electron chi connectivity index (χ2n) is 5.78. The molecule has 2 atom stereocenters. The molecule has 1 N–H and O–H groups in total. The fourth-order valence-corrected chi connectivity index (χ4v) is 3.10. The van der Waals surface area contributed by atoms with Gasteiger partial charge in [-0.3, -0.25) is 0 Å². The maximum atomic E-state index is 3.74. The van der Waals surface area contributed by atoms with Crippen LogP contribution in [0.25, 0.3) is 0 Å². The van der Waals surface area contributed by atoms with Gasteiger partial charge in [-0.15, -0.1) is 0 Å². The third kappa shape index (κ3) is 3.88. The van der Waals surface area contributed by atoms with Crippen LogP contribution < -0.4 is 5.32 Å². The molecule has 18 heavy (non-hydrogen) atoms. The van der Waals surface area contributed by atoms with Crippen molar-refractivity contribution in [3.05, 3.63) is 24.0 Å². The molecule has 1 aliphatic carbocycles. The molecule has 1 fully saturated rings. The highest BCUT2D eigenvalue weighted by Gasteiger charge is 2.19. The highest BCUT2D eigenvalue weighted by Crippen LogP contribution is 2.26.